The maximum Gasteiger partial charge on any atom is 0.338 e. The smallest absolute Gasteiger partial charge is 0.338 e. The minimum atomic E-state index is -1.02. The van der Waals surface area contributed by atoms with E-state index < -0.39 is 29.9 Å². The number of esters is 2. The van der Waals surface area contributed by atoms with Crippen LogP contribution in [0.5, 0.6) is 0 Å². The average molecular weight is 244 g/mol. The van der Waals surface area contributed by atoms with Crippen molar-refractivity contribution in [2.24, 2.45) is 0 Å². The molecule has 0 aromatic carbocycles. The van der Waals surface area contributed by atoms with E-state index in [1.807, 2.05) is 0 Å². The third kappa shape index (κ3) is 2.14. The summed E-state index contributed by atoms with van der Waals surface area (Å²) >= 11 is 0. The number of ether oxygens (including phenoxy) is 4. The van der Waals surface area contributed by atoms with Crippen LogP contribution in [-0.4, -0.2) is 44.2 Å². The summed E-state index contributed by atoms with van der Waals surface area (Å²) in [6.45, 7) is 0. The topological polar surface area (TPSA) is 71.1 Å². The van der Waals surface area contributed by atoms with Crippen LogP contribution in [0.25, 0.3) is 0 Å². The molecule has 1 saturated carbocycles. The summed E-state index contributed by atoms with van der Waals surface area (Å²) < 4.78 is 20.4. The van der Waals surface area contributed by atoms with Gasteiger partial charge in [0.2, 0.25) is 0 Å². The second-order valence-corrected chi connectivity index (χ2v) is 4.24. The Morgan fingerprint density at radius 3 is 1.76 bits per heavy atom. The van der Waals surface area contributed by atoms with Crippen molar-refractivity contribution in [1.29, 1.82) is 0 Å². The molecule has 0 N–H and O–H groups in total. The van der Waals surface area contributed by atoms with E-state index in [9.17, 15) is 9.59 Å². The molecule has 1 aliphatic carbocycles. The van der Waals surface area contributed by atoms with Gasteiger partial charge in [-0.3, -0.25) is 0 Å². The molecule has 0 aromatic heterocycles. The summed E-state index contributed by atoms with van der Waals surface area (Å²) in [6, 6.07) is 0. The predicted molar refractivity (Wildman–Crippen MR) is 55.0 cm³/mol. The van der Waals surface area contributed by atoms with Crippen LogP contribution in [-0.2, 0) is 28.5 Å². The molecule has 0 aromatic rings. The number of methoxy groups -OCH3 is 2. The molecule has 2 aliphatic rings. The van der Waals surface area contributed by atoms with Gasteiger partial charge < -0.3 is 18.9 Å². The molecular weight excluding hydrogens is 228 g/mol. The summed E-state index contributed by atoms with van der Waals surface area (Å²) in [5.74, 6) is -2.02. The Balaban J connectivity index is 2.17. The fraction of sp³-hybridized carbons (Fsp3) is 0.818. The molecular formula is C11H16O6. The Morgan fingerprint density at radius 1 is 1.00 bits per heavy atom. The van der Waals surface area contributed by atoms with Gasteiger partial charge in [-0.2, -0.15) is 0 Å². The van der Waals surface area contributed by atoms with Crippen LogP contribution < -0.4 is 0 Å². The third-order valence-electron chi connectivity index (χ3n) is 3.19. The van der Waals surface area contributed by atoms with Crippen LogP contribution in [0.4, 0.5) is 0 Å². The predicted octanol–water partition coefficient (Wildman–Crippen LogP) is 0.387. The van der Waals surface area contributed by atoms with Gasteiger partial charge >= 0.3 is 11.9 Å². The van der Waals surface area contributed by atoms with Crippen LogP contribution in [0.15, 0.2) is 0 Å². The molecule has 0 amide bonds. The van der Waals surface area contributed by atoms with E-state index in [0.29, 0.717) is 12.8 Å². The largest absolute Gasteiger partial charge is 0.467 e. The summed E-state index contributed by atoms with van der Waals surface area (Å²) in [7, 11) is 2.50. The highest BCUT2D eigenvalue weighted by molar-refractivity contribution is 5.86. The SMILES string of the molecule is COC(=O)[C@H]1OC2(CCCC2)O[C@@H]1C(=O)OC. The fourth-order valence-corrected chi connectivity index (χ4v) is 2.34. The van der Waals surface area contributed by atoms with Crippen LogP contribution in [0, 0.1) is 0 Å². The second kappa shape index (κ2) is 4.62. The minimum Gasteiger partial charge on any atom is -0.467 e. The van der Waals surface area contributed by atoms with E-state index in [4.69, 9.17) is 9.47 Å². The highest BCUT2D eigenvalue weighted by Gasteiger charge is 2.55. The molecule has 0 bridgehead atoms. The molecule has 1 heterocycles. The number of carbonyl (C=O) groups is 2. The van der Waals surface area contributed by atoms with E-state index >= 15 is 0 Å². The molecule has 1 spiro atoms. The first-order chi connectivity index (χ1) is 8.12. The summed E-state index contributed by atoms with van der Waals surface area (Å²) in [5, 5.41) is 0. The van der Waals surface area contributed by atoms with Crippen molar-refractivity contribution in [3.05, 3.63) is 0 Å². The van der Waals surface area contributed by atoms with Crippen molar-refractivity contribution < 1.29 is 28.5 Å². The normalized spacial score (nSPS) is 30.5. The lowest BCUT2D eigenvalue weighted by Gasteiger charge is -2.21. The van der Waals surface area contributed by atoms with Crippen molar-refractivity contribution in [3.63, 3.8) is 0 Å². The molecule has 1 aliphatic heterocycles. The Bertz CT molecular complexity index is 294. The van der Waals surface area contributed by atoms with E-state index in [-0.39, 0.29) is 0 Å². The number of rotatable bonds is 2. The first-order valence-corrected chi connectivity index (χ1v) is 5.63. The van der Waals surface area contributed by atoms with Gasteiger partial charge in [0, 0.05) is 12.8 Å². The molecule has 2 atom stereocenters. The average Bonchev–Trinajstić information content (AvgIpc) is 2.95. The molecule has 6 heteroatoms. The fourth-order valence-electron chi connectivity index (χ4n) is 2.34. The Labute approximate surface area is 99.2 Å². The van der Waals surface area contributed by atoms with Gasteiger partial charge in [-0.15, -0.1) is 0 Å². The van der Waals surface area contributed by atoms with E-state index in [1.54, 1.807) is 0 Å². The lowest BCUT2D eigenvalue weighted by atomic mass is 10.2. The zero-order chi connectivity index (χ0) is 12.5. The molecule has 1 saturated heterocycles. The first kappa shape index (κ1) is 12.3. The quantitative estimate of drug-likeness (QED) is 0.654. The monoisotopic (exact) mass is 244 g/mol. The molecule has 17 heavy (non-hydrogen) atoms. The minimum absolute atomic E-state index is 0.607. The zero-order valence-electron chi connectivity index (χ0n) is 9.93. The highest BCUT2D eigenvalue weighted by atomic mass is 16.8. The van der Waals surface area contributed by atoms with Crippen LogP contribution >= 0.6 is 0 Å². The van der Waals surface area contributed by atoms with Crippen molar-refractivity contribution in [2.45, 2.75) is 43.7 Å². The van der Waals surface area contributed by atoms with Gasteiger partial charge in [-0.25, -0.2) is 9.59 Å². The van der Waals surface area contributed by atoms with Gasteiger partial charge in [0.25, 0.3) is 0 Å². The van der Waals surface area contributed by atoms with Gasteiger partial charge in [0.05, 0.1) is 14.2 Å². The number of hydrogen-bond donors (Lipinski definition) is 0. The first-order valence-electron chi connectivity index (χ1n) is 5.63. The van der Waals surface area contributed by atoms with Gasteiger partial charge in [-0.1, -0.05) is 0 Å². The van der Waals surface area contributed by atoms with Crippen molar-refractivity contribution in [3.8, 4) is 0 Å². The highest BCUT2D eigenvalue weighted by Crippen LogP contribution is 2.42. The third-order valence-corrected chi connectivity index (χ3v) is 3.19. The summed E-state index contributed by atoms with van der Waals surface area (Å²) in [4.78, 5) is 23.1. The van der Waals surface area contributed by atoms with Crippen molar-refractivity contribution >= 4 is 11.9 Å². The van der Waals surface area contributed by atoms with Gasteiger partial charge in [0.1, 0.15) is 0 Å². The van der Waals surface area contributed by atoms with E-state index in [1.165, 1.54) is 14.2 Å². The maximum atomic E-state index is 11.5. The number of carbonyl (C=O) groups excluding carboxylic acids is 2. The van der Waals surface area contributed by atoms with Crippen LogP contribution in [0.2, 0.25) is 0 Å². The van der Waals surface area contributed by atoms with Crippen molar-refractivity contribution in [1.82, 2.24) is 0 Å². The van der Waals surface area contributed by atoms with Crippen LogP contribution in [0.1, 0.15) is 25.7 Å². The van der Waals surface area contributed by atoms with Gasteiger partial charge in [0.15, 0.2) is 18.0 Å². The van der Waals surface area contributed by atoms with Crippen molar-refractivity contribution in [2.75, 3.05) is 14.2 Å². The summed E-state index contributed by atoms with van der Waals surface area (Å²) in [5.41, 5.74) is 0. The van der Waals surface area contributed by atoms with Gasteiger partial charge in [-0.05, 0) is 12.8 Å². The molecule has 2 fully saturated rings. The molecule has 0 unspecified atom stereocenters. The van der Waals surface area contributed by atoms with E-state index in [2.05, 4.69) is 9.47 Å². The van der Waals surface area contributed by atoms with Crippen LogP contribution in [0.3, 0.4) is 0 Å². The molecule has 96 valence electrons. The van der Waals surface area contributed by atoms with E-state index in [0.717, 1.165) is 12.8 Å². The zero-order valence-corrected chi connectivity index (χ0v) is 9.93. The standard InChI is InChI=1S/C11H16O6/c1-14-9(12)7-8(10(13)15-2)17-11(16-7)5-3-4-6-11/h7-8H,3-6H2,1-2H3/t7-,8-/m0/s1. The Kier molecular flexibility index (Phi) is 3.35. The number of hydrogen-bond acceptors (Lipinski definition) is 6. The summed E-state index contributed by atoms with van der Waals surface area (Å²) in [6.07, 6.45) is 1.25. The molecule has 0 radical (unpaired) electrons. The maximum absolute atomic E-state index is 11.5. The molecule has 2 rings (SSSR count). The Hall–Kier alpha value is -1.14. The Morgan fingerprint density at radius 2 is 1.41 bits per heavy atom. The molecule has 6 nitrogen and oxygen atoms in total. The lowest BCUT2D eigenvalue weighted by Crippen LogP contribution is -2.38. The second-order valence-electron chi connectivity index (χ2n) is 4.24. The lowest BCUT2D eigenvalue weighted by molar-refractivity contribution is -0.184.